The maximum atomic E-state index is 11.9. The highest BCUT2D eigenvalue weighted by Gasteiger charge is 2.37. The largest absolute Gasteiger partial charge is 0.458 e. The molecule has 0 aromatic heterocycles. The molecule has 0 bridgehead atoms. The van der Waals surface area contributed by atoms with E-state index in [1.165, 1.54) is 11.1 Å². The molecule has 1 aliphatic heterocycles. The molecule has 3 atom stereocenters. The summed E-state index contributed by atoms with van der Waals surface area (Å²) in [5.74, 6) is -0.237. The monoisotopic (exact) mass is 316 g/mol. The van der Waals surface area contributed by atoms with Gasteiger partial charge < -0.3 is 9.84 Å². The molecule has 0 aromatic carbocycles. The highest BCUT2D eigenvalue weighted by atomic mass is 16.6. The first-order valence-electron chi connectivity index (χ1n) is 8.43. The number of ether oxygens (including phenoxy) is 1. The number of carbonyl (C=O) groups excluding carboxylic acids is 1. The molecular weight excluding hydrogens is 288 g/mol. The summed E-state index contributed by atoms with van der Waals surface area (Å²) in [5, 5.41) is 10.2. The Bertz CT molecular complexity index is 565. The normalized spacial score (nSPS) is 37.4. The van der Waals surface area contributed by atoms with Crippen molar-refractivity contribution in [3.63, 3.8) is 0 Å². The predicted molar refractivity (Wildman–Crippen MR) is 92.9 cm³/mol. The number of hydrogen-bond donors (Lipinski definition) is 1. The Kier molecular flexibility index (Phi) is 6.00. The van der Waals surface area contributed by atoms with Crippen LogP contribution in [0.25, 0.3) is 0 Å². The average molecular weight is 316 g/mol. The zero-order valence-corrected chi connectivity index (χ0v) is 14.5. The fourth-order valence-electron chi connectivity index (χ4n) is 3.31. The third kappa shape index (κ3) is 4.93. The van der Waals surface area contributed by atoms with E-state index in [-0.39, 0.29) is 18.0 Å². The van der Waals surface area contributed by atoms with Gasteiger partial charge in [0.05, 0.1) is 6.10 Å². The van der Waals surface area contributed by atoms with Crippen LogP contribution < -0.4 is 0 Å². The molecule has 126 valence electrons. The second-order valence-electron chi connectivity index (χ2n) is 6.94. The van der Waals surface area contributed by atoms with Gasteiger partial charge in [-0.3, -0.25) is 0 Å². The zero-order valence-electron chi connectivity index (χ0n) is 14.5. The fourth-order valence-corrected chi connectivity index (χ4v) is 3.31. The summed E-state index contributed by atoms with van der Waals surface area (Å²) in [6.07, 6.45) is 9.74. The molecule has 3 heteroatoms. The van der Waals surface area contributed by atoms with Crippen molar-refractivity contribution in [1.82, 2.24) is 0 Å². The Hall–Kier alpha value is -1.61. The summed E-state index contributed by atoms with van der Waals surface area (Å²) in [4.78, 5) is 11.9. The van der Waals surface area contributed by atoms with E-state index in [1.54, 1.807) is 0 Å². The van der Waals surface area contributed by atoms with E-state index < -0.39 is 6.10 Å². The molecule has 1 aliphatic carbocycles. The minimum atomic E-state index is -0.482. The lowest BCUT2D eigenvalue weighted by molar-refractivity contribution is -0.139. The Morgan fingerprint density at radius 3 is 2.61 bits per heavy atom. The van der Waals surface area contributed by atoms with Crippen LogP contribution in [0.4, 0.5) is 0 Å². The van der Waals surface area contributed by atoms with E-state index in [1.807, 2.05) is 13.0 Å². The number of esters is 1. The number of rotatable bonds is 0. The number of carbonyl (C=O) groups is 1. The van der Waals surface area contributed by atoms with E-state index in [9.17, 15) is 9.90 Å². The molecular formula is C20H28O3. The van der Waals surface area contributed by atoms with Gasteiger partial charge in [0, 0.05) is 17.9 Å². The molecule has 0 aromatic rings. The van der Waals surface area contributed by atoms with Gasteiger partial charge in [-0.05, 0) is 46.5 Å². The Morgan fingerprint density at radius 2 is 1.87 bits per heavy atom. The minimum Gasteiger partial charge on any atom is -0.458 e. The maximum Gasteiger partial charge on any atom is 0.334 e. The van der Waals surface area contributed by atoms with E-state index in [0.717, 1.165) is 24.8 Å². The second kappa shape index (κ2) is 7.78. The van der Waals surface area contributed by atoms with Gasteiger partial charge in [0.25, 0.3) is 0 Å². The van der Waals surface area contributed by atoms with Crippen molar-refractivity contribution in [3.05, 3.63) is 47.1 Å². The summed E-state index contributed by atoms with van der Waals surface area (Å²) in [6, 6.07) is 0. The molecule has 1 saturated heterocycles. The van der Waals surface area contributed by atoms with Crippen LogP contribution in [-0.4, -0.2) is 23.3 Å². The molecule has 0 unspecified atom stereocenters. The van der Waals surface area contributed by atoms with Crippen LogP contribution >= 0.6 is 0 Å². The number of aliphatic hydroxyl groups excluding tert-OH is 1. The van der Waals surface area contributed by atoms with Crippen LogP contribution in [0, 0.1) is 5.92 Å². The summed E-state index contributed by atoms with van der Waals surface area (Å²) in [5.41, 5.74) is 4.17. The van der Waals surface area contributed by atoms with Gasteiger partial charge in [0.1, 0.15) is 6.10 Å². The van der Waals surface area contributed by atoms with Gasteiger partial charge in [-0.1, -0.05) is 41.5 Å². The number of allylic oxidation sites excluding steroid dienone is 3. The quantitative estimate of drug-likeness (QED) is 0.413. The van der Waals surface area contributed by atoms with Crippen molar-refractivity contribution >= 4 is 5.97 Å². The highest BCUT2D eigenvalue weighted by molar-refractivity contribution is 5.90. The van der Waals surface area contributed by atoms with Crippen molar-refractivity contribution in [3.8, 4) is 0 Å². The van der Waals surface area contributed by atoms with Gasteiger partial charge in [-0.2, -0.15) is 0 Å². The zero-order chi connectivity index (χ0) is 17.0. The second-order valence-corrected chi connectivity index (χ2v) is 6.94. The van der Waals surface area contributed by atoms with Crippen LogP contribution in [0.1, 0.15) is 52.9 Å². The standard InChI is InChI=1S/C20H28O3/c1-13-6-5-7-14(2)10-17(21)11-15(3)12-19-18(9-8-13)16(4)20(22)23-19/h7-8,11,17-19,21H,4-6,9-10,12H2,1-3H3/b13-8-,14-7-,15-11-/t17-,18+,19-/m0/s1. The molecule has 2 rings (SSSR count). The topological polar surface area (TPSA) is 46.5 Å². The molecule has 0 amide bonds. The first-order valence-corrected chi connectivity index (χ1v) is 8.43. The average Bonchev–Trinajstić information content (AvgIpc) is 2.70. The first kappa shape index (κ1) is 17.7. The van der Waals surface area contributed by atoms with Crippen molar-refractivity contribution in [2.24, 2.45) is 5.92 Å². The lowest BCUT2D eigenvalue weighted by atomic mass is 9.88. The molecule has 0 spiro atoms. The third-order valence-corrected chi connectivity index (χ3v) is 4.70. The van der Waals surface area contributed by atoms with Gasteiger partial charge in [0.15, 0.2) is 0 Å². The number of fused-ring (bicyclic) bond motifs is 1. The fraction of sp³-hybridized carbons (Fsp3) is 0.550. The van der Waals surface area contributed by atoms with Crippen LogP contribution in [0.5, 0.6) is 0 Å². The van der Waals surface area contributed by atoms with Crippen LogP contribution in [0.15, 0.2) is 47.1 Å². The number of aliphatic hydroxyl groups is 1. The molecule has 0 radical (unpaired) electrons. The predicted octanol–water partition coefficient (Wildman–Crippen LogP) is 4.25. The van der Waals surface area contributed by atoms with Crippen LogP contribution in [-0.2, 0) is 9.53 Å². The van der Waals surface area contributed by atoms with Gasteiger partial charge in [-0.25, -0.2) is 4.79 Å². The van der Waals surface area contributed by atoms with Crippen molar-refractivity contribution in [1.29, 1.82) is 0 Å². The van der Waals surface area contributed by atoms with Crippen LogP contribution in [0.2, 0.25) is 0 Å². The van der Waals surface area contributed by atoms with Gasteiger partial charge in [-0.15, -0.1) is 0 Å². The maximum absolute atomic E-state index is 11.9. The summed E-state index contributed by atoms with van der Waals surface area (Å²) in [6.45, 7) is 10.1. The van der Waals surface area contributed by atoms with Crippen molar-refractivity contribution in [2.45, 2.75) is 65.1 Å². The number of hydrogen-bond acceptors (Lipinski definition) is 3. The molecule has 3 nitrogen and oxygen atoms in total. The van der Waals surface area contributed by atoms with Crippen LogP contribution in [0.3, 0.4) is 0 Å². The van der Waals surface area contributed by atoms with Crippen molar-refractivity contribution < 1.29 is 14.6 Å². The first-order chi connectivity index (χ1) is 10.9. The van der Waals surface area contributed by atoms with E-state index in [0.29, 0.717) is 18.4 Å². The lowest BCUT2D eigenvalue weighted by Crippen LogP contribution is -2.17. The van der Waals surface area contributed by atoms with Crippen molar-refractivity contribution in [2.75, 3.05) is 0 Å². The molecule has 1 fully saturated rings. The Balaban J connectivity index is 2.24. The summed E-state index contributed by atoms with van der Waals surface area (Å²) >= 11 is 0. The molecule has 1 heterocycles. The Labute approximate surface area is 139 Å². The van der Waals surface area contributed by atoms with Gasteiger partial charge in [0.2, 0.25) is 0 Å². The third-order valence-electron chi connectivity index (χ3n) is 4.70. The molecule has 2 aliphatic rings. The molecule has 23 heavy (non-hydrogen) atoms. The highest BCUT2D eigenvalue weighted by Crippen LogP contribution is 2.34. The SMILES string of the molecule is C=C1C(=O)O[C@H]2C/C(C)=C\[C@@H](O)C/C(C)=C\CC/C(C)=C\C[C@H]12. The van der Waals surface area contributed by atoms with E-state index in [4.69, 9.17) is 4.74 Å². The molecule has 1 N–H and O–H groups in total. The minimum absolute atomic E-state index is 0.0400. The van der Waals surface area contributed by atoms with E-state index >= 15 is 0 Å². The van der Waals surface area contributed by atoms with Gasteiger partial charge >= 0.3 is 5.97 Å². The Morgan fingerprint density at radius 1 is 1.13 bits per heavy atom. The smallest absolute Gasteiger partial charge is 0.334 e. The summed E-state index contributed by atoms with van der Waals surface area (Å²) in [7, 11) is 0. The summed E-state index contributed by atoms with van der Waals surface area (Å²) < 4.78 is 5.50. The lowest BCUT2D eigenvalue weighted by Gasteiger charge is -2.18. The molecule has 0 saturated carbocycles. The van der Waals surface area contributed by atoms with E-state index in [2.05, 4.69) is 32.6 Å².